The molecule has 0 unspecified atom stereocenters. The first-order chi connectivity index (χ1) is 10.4. The van der Waals surface area contributed by atoms with Crippen molar-refractivity contribution in [2.75, 3.05) is 10.6 Å². The number of benzene rings is 2. The van der Waals surface area contributed by atoms with Crippen LogP contribution in [0.15, 0.2) is 42.5 Å². The van der Waals surface area contributed by atoms with Crippen LogP contribution in [0.3, 0.4) is 0 Å². The van der Waals surface area contributed by atoms with Gasteiger partial charge in [0.05, 0.1) is 16.9 Å². The fourth-order valence-electron chi connectivity index (χ4n) is 2.29. The van der Waals surface area contributed by atoms with E-state index in [1.54, 1.807) is 0 Å². The Morgan fingerprint density at radius 2 is 1.68 bits per heavy atom. The van der Waals surface area contributed by atoms with Gasteiger partial charge in [-0.25, -0.2) is 4.39 Å². The summed E-state index contributed by atoms with van der Waals surface area (Å²) in [5, 5.41) is 5.25. The molecule has 0 radical (unpaired) electrons. The number of carbonyl (C=O) groups is 1. The number of halogens is 4. The van der Waals surface area contributed by atoms with E-state index in [0.29, 0.717) is 11.3 Å². The van der Waals surface area contributed by atoms with E-state index in [-0.39, 0.29) is 5.69 Å². The number of anilines is 2. The van der Waals surface area contributed by atoms with Gasteiger partial charge < -0.3 is 10.6 Å². The summed E-state index contributed by atoms with van der Waals surface area (Å²) < 4.78 is 51.4. The average molecular weight is 310 g/mol. The molecule has 0 fully saturated rings. The third-order valence-electron chi connectivity index (χ3n) is 3.39. The van der Waals surface area contributed by atoms with Gasteiger partial charge >= 0.3 is 6.18 Å². The van der Waals surface area contributed by atoms with E-state index in [0.717, 1.165) is 12.1 Å². The fourth-order valence-corrected chi connectivity index (χ4v) is 2.29. The van der Waals surface area contributed by atoms with Crippen LogP contribution in [0.2, 0.25) is 0 Å². The largest absolute Gasteiger partial charge is 0.416 e. The zero-order valence-corrected chi connectivity index (χ0v) is 11.0. The second-order valence-corrected chi connectivity index (χ2v) is 4.85. The molecule has 3 rings (SSSR count). The van der Waals surface area contributed by atoms with Gasteiger partial charge in [0.1, 0.15) is 11.9 Å². The predicted molar refractivity (Wildman–Crippen MR) is 72.8 cm³/mol. The third-order valence-corrected chi connectivity index (χ3v) is 3.39. The Labute approximate surface area is 123 Å². The molecule has 3 nitrogen and oxygen atoms in total. The highest BCUT2D eigenvalue weighted by molar-refractivity contribution is 6.03. The lowest BCUT2D eigenvalue weighted by molar-refractivity contribution is -0.137. The molecule has 7 heteroatoms. The number of hydrogen-bond donors (Lipinski definition) is 2. The summed E-state index contributed by atoms with van der Waals surface area (Å²) in [4.78, 5) is 12.0. The van der Waals surface area contributed by atoms with Crippen molar-refractivity contribution in [2.24, 2.45) is 0 Å². The number of hydrogen-bond acceptors (Lipinski definition) is 2. The smallest absolute Gasteiger partial charge is 0.366 e. The fraction of sp³-hybridized carbons (Fsp3) is 0.133. The molecule has 114 valence electrons. The van der Waals surface area contributed by atoms with Crippen molar-refractivity contribution >= 4 is 17.3 Å². The summed E-state index contributed by atoms with van der Waals surface area (Å²) in [5.74, 6) is -1.01. The number of nitrogens with one attached hydrogen (secondary N) is 2. The second-order valence-electron chi connectivity index (χ2n) is 4.85. The molecule has 2 aromatic carbocycles. The molecule has 0 saturated heterocycles. The number of alkyl halides is 3. The minimum absolute atomic E-state index is 0.118. The van der Waals surface area contributed by atoms with Crippen LogP contribution in [0.5, 0.6) is 0 Å². The quantitative estimate of drug-likeness (QED) is 0.783. The van der Waals surface area contributed by atoms with E-state index in [1.807, 2.05) is 0 Å². The second kappa shape index (κ2) is 5.01. The van der Waals surface area contributed by atoms with E-state index in [4.69, 9.17) is 0 Å². The van der Waals surface area contributed by atoms with E-state index in [9.17, 15) is 22.4 Å². The minimum Gasteiger partial charge on any atom is -0.366 e. The van der Waals surface area contributed by atoms with Gasteiger partial charge in [-0.15, -0.1) is 0 Å². The maximum absolute atomic E-state index is 13.7. The van der Waals surface area contributed by atoms with E-state index in [2.05, 4.69) is 10.6 Å². The van der Waals surface area contributed by atoms with Crippen molar-refractivity contribution in [1.29, 1.82) is 0 Å². The minimum atomic E-state index is -4.44. The van der Waals surface area contributed by atoms with Crippen molar-refractivity contribution in [3.05, 3.63) is 59.4 Å². The van der Waals surface area contributed by atoms with Gasteiger partial charge in [0.15, 0.2) is 0 Å². The van der Waals surface area contributed by atoms with Gasteiger partial charge in [-0.1, -0.05) is 18.2 Å². The lowest BCUT2D eigenvalue weighted by atomic mass is 10.0. The van der Waals surface area contributed by atoms with Crippen molar-refractivity contribution in [2.45, 2.75) is 12.2 Å². The highest BCUT2D eigenvalue weighted by Gasteiger charge is 2.32. The number of rotatable bonds is 1. The van der Waals surface area contributed by atoms with Gasteiger partial charge in [-0.3, -0.25) is 4.79 Å². The van der Waals surface area contributed by atoms with Crippen LogP contribution in [0, 0.1) is 5.82 Å². The summed E-state index contributed by atoms with van der Waals surface area (Å²) in [6.07, 6.45) is -4.44. The van der Waals surface area contributed by atoms with Crippen molar-refractivity contribution in [1.82, 2.24) is 0 Å². The predicted octanol–water partition coefficient (Wildman–Crippen LogP) is 3.95. The molecule has 2 aromatic rings. The molecular weight excluding hydrogens is 300 g/mol. The summed E-state index contributed by atoms with van der Waals surface area (Å²) in [6, 6.07) is 7.44. The Kier molecular flexibility index (Phi) is 3.27. The van der Waals surface area contributed by atoms with Crippen LogP contribution in [-0.4, -0.2) is 5.91 Å². The van der Waals surface area contributed by atoms with E-state index >= 15 is 0 Å². The first-order valence-electron chi connectivity index (χ1n) is 6.39. The number of fused-ring (bicyclic) bond motifs is 1. The summed E-state index contributed by atoms with van der Waals surface area (Å²) in [7, 11) is 0. The summed E-state index contributed by atoms with van der Waals surface area (Å²) >= 11 is 0. The Morgan fingerprint density at radius 1 is 1.00 bits per heavy atom. The number of amides is 1. The van der Waals surface area contributed by atoms with Crippen molar-refractivity contribution < 1.29 is 22.4 Å². The number of para-hydroxylation sites is 1. The highest BCUT2D eigenvalue weighted by Crippen LogP contribution is 2.35. The first-order valence-corrected chi connectivity index (χ1v) is 6.39. The van der Waals surface area contributed by atoms with Crippen LogP contribution in [0.1, 0.15) is 17.2 Å². The van der Waals surface area contributed by atoms with Crippen LogP contribution >= 0.6 is 0 Å². The normalized spacial score (nSPS) is 17.5. The Bertz CT molecular complexity index is 725. The SMILES string of the molecule is O=C1Nc2cccc(F)c2N[C@H]1c1ccc(C(F)(F)F)cc1. The molecule has 1 aliphatic rings. The third kappa shape index (κ3) is 2.49. The Morgan fingerprint density at radius 3 is 2.32 bits per heavy atom. The molecule has 1 amide bonds. The molecular formula is C15H10F4N2O. The Hall–Kier alpha value is -2.57. The maximum Gasteiger partial charge on any atom is 0.416 e. The molecule has 1 aliphatic heterocycles. The molecule has 0 bridgehead atoms. The molecule has 22 heavy (non-hydrogen) atoms. The molecule has 0 aliphatic carbocycles. The van der Waals surface area contributed by atoms with E-state index < -0.39 is 29.5 Å². The van der Waals surface area contributed by atoms with Gasteiger partial charge in [-0.2, -0.15) is 13.2 Å². The molecule has 2 N–H and O–H groups in total. The van der Waals surface area contributed by atoms with Gasteiger partial charge in [0, 0.05) is 0 Å². The lowest BCUT2D eigenvalue weighted by Crippen LogP contribution is -2.32. The summed E-state index contributed by atoms with van der Waals surface area (Å²) in [6.45, 7) is 0. The topological polar surface area (TPSA) is 41.1 Å². The Balaban J connectivity index is 1.93. The lowest BCUT2D eigenvalue weighted by Gasteiger charge is -2.27. The average Bonchev–Trinajstić information content (AvgIpc) is 2.46. The van der Waals surface area contributed by atoms with Gasteiger partial charge in [0.2, 0.25) is 0 Å². The molecule has 0 saturated carbocycles. The highest BCUT2D eigenvalue weighted by atomic mass is 19.4. The van der Waals surface area contributed by atoms with Crippen molar-refractivity contribution in [3.8, 4) is 0 Å². The van der Waals surface area contributed by atoms with Crippen LogP contribution in [-0.2, 0) is 11.0 Å². The summed E-state index contributed by atoms with van der Waals surface area (Å²) in [5.41, 5.74) is -0.0707. The monoisotopic (exact) mass is 310 g/mol. The number of carbonyl (C=O) groups excluding carboxylic acids is 1. The zero-order valence-electron chi connectivity index (χ0n) is 11.0. The molecule has 0 aromatic heterocycles. The molecule has 0 spiro atoms. The maximum atomic E-state index is 13.7. The van der Waals surface area contributed by atoms with Gasteiger partial charge in [-0.05, 0) is 29.8 Å². The molecule has 1 atom stereocenters. The van der Waals surface area contributed by atoms with Crippen LogP contribution in [0.4, 0.5) is 28.9 Å². The standard InChI is InChI=1S/C15H10F4N2O/c16-10-2-1-3-11-13(10)21-12(14(22)20-11)8-4-6-9(7-5-8)15(17,18)19/h1-7,12,21H,(H,20,22)/t12-/m0/s1. The van der Waals surface area contributed by atoms with Crippen LogP contribution in [0.25, 0.3) is 0 Å². The zero-order chi connectivity index (χ0) is 15.9. The molecule has 1 heterocycles. The first kappa shape index (κ1) is 14.4. The van der Waals surface area contributed by atoms with Crippen molar-refractivity contribution in [3.63, 3.8) is 0 Å². The van der Waals surface area contributed by atoms with Crippen LogP contribution < -0.4 is 10.6 Å². The van der Waals surface area contributed by atoms with Gasteiger partial charge in [0.25, 0.3) is 5.91 Å². The van der Waals surface area contributed by atoms with E-state index in [1.165, 1.54) is 30.3 Å².